The highest BCUT2D eigenvalue weighted by atomic mass is 79.9. The number of carbonyl (C=O) groups is 2. The lowest BCUT2D eigenvalue weighted by Gasteiger charge is -2.23. The highest BCUT2D eigenvalue weighted by molar-refractivity contribution is 9.10. The predicted molar refractivity (Wildman–Crippen MR) is 136 cm³/mol. The topological polar surface area (TPSA) is 79.7 Å². The van der Waals surface area contributed by atoms with Crippen molar-refractivity contribution < 1.29 is 23.8 Å². The summed E-state index contributed by atoms with van der Waals surface area (Å²) >= 11 is 4.54. The normalized spacial score (nSPS) is 17.3. The largest absolute Gasteiger partial charge is 0.507 e. The van der Waals surface area contributed by atoms with Crippen molar-refractivity contribution in [3.63, 3.8) is 0 Å². The van der Waals surface area contributed by atoms with Crippen LogP contribution in [0.2, 0.25) is 0 Å². The number of hydrogen-bond acceptors (Lipinski definition) is 6. The lowest BCUT2D eigenvalue weighted by atomic mass is 9.95. The summed E-state index contributed by atoms with van der Waals surface area (Å²) in [4.78, 5) is 32.3. The Bertz CT molecular complexity index is 1500. The molecule has 2 heterocycles. The number of Topliss-reactive ketones (excluding diaryl/α,β-unsaturated/α-hetero) is 1. The number of benzene rings is 3. The summed E-state index contributed by atoms with van der Waals surface area (Å²) in [5, 5.41) is 11.5. The van der Waals surface area contributed by atoms with Crippen LogP contribution in [0.25, 0.3) is 16.0 Å². The average molecular weight is 553 g/mol. The third kappa shape index (κ3) is 4.21. The molecule has 1 unspecified atom stereocenters. The van der Waals surface area contributed by atoms with E-state index in [-0.39, 0.29) is 16.5 Å². The minimum Gasteiger partial charge on any atom is -0.507 e. The van der Waals surface area contributed by atoms with Crippen LogP contribution < -0.4 is 9.64 Å². The van der Waals surface area contributed by atoms with Crippen LogP contribution >= 0.6 is 27.3 Å². The molecule has 1 atom stereocenters. The molecule has 5 rings (SSSR count). The van der Waals surface area contributed by atoms with Gasteiger partial charge in [0.05, 0.1) is 28.4 Å². The Morgan fingerprint density at radius 2 is 1.91 bits per heavy atom. The number of ketones is 1. The third-order valence-electron chi connectivity index (χ3n) is 5.59. The monoisotopic (exact) mass is 552 g/mol. The maximum atomic E-state index is 13.8. The second-order valence-corrected chi connectivity index (χ2v) is 9.71. The number of rotatable bonds is 5. The number of carbonyl (C=O) groups excluding carboxylic acids is 2. The molecule has 3 aromatic carbocycles. The Balaban J connectivity index is 1.69. The summed E-state index contributed by atoms with van der Waals surface area (Å²) in [5.74, 6) is -1.75. The van der Waals surface area contributed by atoms with Crippen molar-refractivity contribution in [1.29, 1.82) is 0 Å². The van der Waals surface area contributed by atoms with Gasteiger partial charge in [0.1, 0.15) is 17.3 Å². The molecule has 0 bridgehead atoms. The van der Waals surface area contributed by atoms with Gasteiger partial charge in [-0.3, -0.25) is 14.5 Å². The Labute approximate surface area is 212 Å². The van der Waals surface area contributed by atoms with E-state index >= 15 is 0 Å². The molecule has 9 heteroatoms. The van der Waals surface area contributed by atoms with E-state index in [0.717, 1.165) is 15.8 Å². The second-order valence-electron chi connectivity index (χ2n) is 7.79. The number of ether oxygens (including phenoxy) is 1. The highest BCUT2D eigenvalue weighted by Crippen LogP contribution is 2.44. The molecular formula is C26H18BrFN2O4S. The Hall–Kier alpha value is -3.56. The smallest absolute Gasteiger partial charge is 0.301 e. The first-order chi connectivity index (χ1) is 16.9. The van der Waals surface area contributed by atoms with Gasteiger partial charge in [-0.2, -0.15) is 0 Å². The van der Waals surface area contributed by atoms with Gasteiger partial charge < -0.3 is 9.84 Å². The molecule has 1 saturated heterocycles. The van der Waals surface area contributed by atoms with E-state index in [4.69, 9.17) is 4.74 Å². The number of nitrogens with zero attached hydrogens (tertiary/aromatic N) is 2. The fourth-order valence-corrected chi connectivity index (χ4v) is 5.48. The number of hydrogen-bond donors (Lipinski definition) is 1. The van der Waals surface area contributed by atoms with Crippen LogP contribution in [0.3, 0.4) is 0 Å². The molecular weight excluding hydrogens is 535 g/mol. The van der Waals surface area contributed by atoms with Gasteiger partial charge in [-0.15, -0.1) is 0 Å². The fraction of sp³-hybridized carbons (Fsp3) is 0.115. The van der Waals surface area contributed by atoms with E-state index in [2.05, 4.69) is 20.9 Å². The minimum absolute atomic E-state index is 0.0531. The first-order valence-corrected chi connectivity index (χ1v) is 12.3. The van der Waals surface area contributed by atoms with Gasteiger partial charge in [-0.1, -0.05) is 39.4 Å². The zero-order valence-electron chi connectivity index (χ0n) is 18.4. The van der Waals surface area contributed by atoms with Crippen molar-refractivity contribution in [2.24, 2.45) is 0 Å². The number of thiazole rings is 1. The summed E-state index contributed by atoms with van der Waals surface area (Å²) < 4.78 is 20.5. The Morgan fingerprint density at radius 3 is 2.63 bits per heavy atom. The van der Waals surface area contributed by atoms with Crippen molar-refractivity contribution in [3.05, 3.63) is 93.7 Å². The molecule has 0 aliphatic carbocycles. The van der Waals surface area contributed by atoms with Crippen LogP contribution in [0.15, 0.2) is 76.8 Å². The van der Waals surface area contributed by atoms with Crippen molar-refractivity contribution >= 4 is 60.1 Å². The van der Waals surface area contributed by atoms with Crippen LogP contribution in [0.1, 0.15) is 24.1 Å². The minimum atomic E-state index is -0.926. The molecule has 1 fully saturated rings. The van der Waals surface area contributed by atoms with Crippen molar-refractivity contribution in [2.75, 3.05) is 11.5 Å². The number of halogens is 2. The number of fused-ring (bicyclic) bond motifs is 1. The van der Waals surface area contributed by atoms with Crippen LogP contribution in [0.4, 0.5) is 9.52 Å². The number of anilines is 1. The molecule has 1 aromatic heterocycles. The molecule has 6 nitrogen and oxygen atoms in total. The Kier molecular flexibility index (Phi) is 6.12. The first-order valence-electron chi connectivity index (χ1n) is 10.7. The quantitative estimate of drug-likeness (QED) is 0.180. The van der Waals surface area contributed by atoms with Crippen molar-refractivity contribution in [2.45, 2.75) is 13.0 Å². The summed E-state index contributed by atoms with van der Waals surface area (Å²) in [6.45, 7) is 2.36. The molecule has 1 aliphatic heterocycles. The Morgan fingerprint density at radius 1 is 1.14 bits per heavy atom. The predicted octanol–water partition coefficient (Wildman–Crippen LogP) is 6.22. The maximum absolute atomic E-state index is 13.8. The van der Waals surface area contributed by atoms with Gasteiger partial charge in [-0.25, -0.2) is 9.37 Å². The average Bonchev–Trinajstić information content (AvgIpc) is 3.37. The van der Waals surface area contributed by atoms with Crippen molar-refractivity contribution in [3.8, 4) is 5.75 Å². The summed E-state index contributed by atoms with van der Waals surface area (Å²) in [7, 11) is 0. The van der Waals surface area contributed by atoms with E-state index in [9.17, 15) is 19.1 Å². The summed E-state index contributed by atoms with van der Waals surface area (Å²) in [5.41, 5.74) is 1.44. The number of aliphatic hydroxyl groups excluding tert-OH is 1. The van der Waals surface area contributed by atoms with E-state index < -0.39 is 23.5 Å². The van der Waals surface area contributed by atoms with Gasteiger partial charge in [0.25, 0.3) is 5.78 Å². The molecule has 0 saturated carbocycles. The van der Waals surface area contributed by atoms with Gasteiger partial charge in [0.15, 0.2) is 5.13 Å². The zero-order valence-corrected chi connectivity index (χ0v) is 20.8. The van der Waals surface area contributed by atoms with E-state index in [1.165, 1.54) is 23.1 Å². The molecule has 35 heavy (non-hydrogen) atoms. The third-order valence-corrected chi connectivity index (χ3v) is 7.10. The molecule has 176 valence electrons. The lowest BCUT2D eigenvalue weighted by molar-refractivity contribution is -0.132. The van der Waals surface area contributed by atoms with Gasteiger partial charge in [-0.05, 0) is 67.1 Å². The number of aliphatic hydroxyl groups is 1. The van der Waals surface area contributed by atoms with Crippen LogP contribution in [0.5, 0.6) is 5.75 Å². The van der Waals surface area contributed by atoms with E-state index in [1.54, 1.807) is 42.5 Å². The maximum Gasteiger partial charge on any atom is 0.301 e. The summed E-state index contributed by atoms with van der Waals surface area (Å²) in [6, 6.07) is 17.0. The summed E-state index contributed by atoms with van der Waals surface area (Å²) in [6.07, 6.45) is 0. The molecule has 1 amide bonds. The molecule has 4 aromatic rings. The zero-order chi connectivity index (χ0) is 24.7. The molecule has 0 radical (unpaired) electrons. The number of amides is 1. The first kappa shape index (κ1) is 23.2. The number of aromatic nitrogens is 1. The van der Waals surface area contributed by atoms with Gasteiger partial charge in [0, 0.05) is 10.0 Å². The van der Waals surface area contributed by atoms with E-state index in [1.807, 2.05) is 13.0 Å². The standard InChI is InChI=1S/C26H18BrFN2O4S/c1-2-34-18-9-6-14(7-10-18)23(31)21-22(15-4-3-5-16(27)12-15)30(25(33)24(21)32)26-29-19-11-8-17(28)13-20(19)35-26/h3-13,22,31H,2H2,1H3. The van der Waals surface area contributed by atoms with Crippen LogP contribution in [-0.4, -0.2) is 28.4 Å². The molecule has 0 spiro atoms. The molecule has 1 N–H and O–H groups in total. The highest BCUT2D eigenvalue weighted by Gasteiger charge is 2.48. The second kappa shape index (κ2) is 9.24. The van der Waals surface area contributed by atoms with Crippen molar-refractivity contribution in [1.82, 2.24) is 4.98 Å². The van der Waals surface area contributed by atoms with Gasteiger partial charge >= 0.3 is 5.91 Å². The van der Waals surface area contributed by atoms with Crippen LogP contribution in [0, 0.1) is 5.82 Å². The lowest BCUT2D eigenvalue weighted by Crippen LogP contribution is -2.29. The SMILES string of the molecule is CCOc1ccc(C(O)=C2C(=O)C(=O)N(c3nc4ccc(F)cc4s3)C2c2cccc(Br)c2)cc1. The van der Waals surface area contributed by atoms with Gasteiger partial charge in [0.2, 0.25) is 0 Å². The molecule has 1 aliphatic rings. The fourth-order valence-electron chi connectivity index (χ4n) is 4.04. The van der Waals surface area contributed by atoms with Crippen LogP contribution in [-0.2, 0) is 9.59 Å². The van der Waals surface area contributed by atoms with E-state index in [0.29, 0.717) is 33.7 Å².